The number of anilines is 1. The van der Waals surface area contributed by atoms with E-state index in [0.29, 0.717) is 5.19 Å². The summed E-state index contributed by atoms with van der Waals surface area (Å²) in [6.07, 6.45) is 0. The van der Waals surface area contributed by atoms with Gasteiger partial charge in [0, 0.05) is 11.1 Å². The Kier molecular flexibility index (Phi) is 5.01. The van der Waals surface area contributed by atoms with Crippen LogP contribution in [0.4, 0.5) is 5.69 Å². The average Bonchev–Trinajstić information content (AvgIpc) is 3.31. The molecule has 1 amide bonds. The minimum Gasteiger partial charge on any atom is -0.460 e. The van der Waals surface area contributed by atoms with Crippen LogP contribution in [0.15, 0.2) is 36.4 Å². The second kappa shape index (κ2) is 7.48. The maximum Gasteiger partial charge on any atom is 0.274 e. The highest BCUT2D eigenvalue weighted by Gasteiger charge is 2.43. The number of aromatic nitrogens is 1. The molecular formula is C23H20N2O2S4. The lowest BCUT2D eigenvalue weighted by Gasteiger charge is -2.43. The van der Waals surface area contributed by atoms with Gasteiger partial charge in [-0.15, -0.1) is 0 Å². The summed E-state index contributed by atoms with van der Waals surface area (Å²) < 4.78 is 7.80. The van der Waals surface area contributed by atoms with Crippen LogP contribution in [0.2, 0.25) is 0 Å². The van der Waals surface area contributed by atoms with Crippen molar-refractivity contribution in [1.82, 2.24) is 4.98 Å². The molecule has 0 fully saturated rings. The van der Waals surface area contributed by atoms with Crippen LogP contribution in [-0.4, -0.2) is 17.5 Å². The third kappa shape index (κ3) is 3.33. The van der Waals surface area contributed by atoms with Crippen LogP contribution in [0.5, 0.6) is 5.19 Å². The SMILES string of the molecule is Cc1cc(C)c2c(c1)-c1c(ssc1=S)C(C)(C)N2C(=O)COc1nc2ccccc2s1. The van der Waals surface area contributed by atoms with Gasteiger partial charge in [-0.1, -0.05) is 68.0 Å². The molecule has 0 saturated carbocycles. The number of ether oxygens (including phenoxy) is 1. The monoisotopic (exact) mass is 484 g/mol. The summed E-state index contributed by atoms with van der Waals surface area (Å²) in [6.45, 7) is 8.23. The Balaban J connectivity index is 1.55. The Morgan fingerprint density at radius 3 is 2.74 bits per heavy atom. The number of nitrogens with zero attached hydrogens (tertiary/aromatic N) is 2. The molecule has 0 saturated heterocycles. The smallest absolute Gasteiger partial charge is 0.274 e. The molecule has 4 nitrogen and oxygen atoms in total. The summed E-state index contributed by atoms with van der Waals surface area (Å²) in [4.78, 5) is 21.1. The third-order valence-electron chi connectivity index (χ3n) is 5.53. The molecule has 0 spiro atoms. The highest BCUT2D eigenvalue weighted by Crippen LogP contribution is 2.53. The topological polar surface area (TPSA) is 42.4 Å². The first-order valence-corrected chi connectivity index (χ1v) is 13.2. The molecule has 4 aromatic rings. The molecule has 1 aliphatic rings. The van der Waals surface area contributed by atoms with Crippen molar-refractivity contribution in [3.05, 3.63) is 56.2 Å². The van der Waals surface area contributed by atoms with E-state index in [2.05, 4.69) is 44.8 Å². The lowest BCUT2D eigenvalue weighted by Crippen LogP contribution is -2.50. The summed E-state index contributed by atoms with van der Waals surface area (Å²) >= 11 is 7.14. The van der Waals surface area contributed by atoms with E-state index in [-0.39, 0.29) is 12.5 Å². The largest absolute Gasteiger partial charge is 0.460 e. The molecule has 2 aromatic heterocycles. The fraction of sp³-hybridized carbons (Fsp3) is 0.261. The molecule has 31 heavy (non-hydrogen) atoms. The second-order valence-corrected chi connectivity index (χ2v) is 12.0. The molecule has 0 aliphatic carbocycles. The number of aryl methyl sites for hydroxylation is 2. The van der Waals surface area contributed by atoms with Gasteiger partial charge in [0.15, 0.2) is 6.61 Å². The van der Waals surface area contributed by atoms with E-state index >= 15 is 0 Å². The first kappa shape index (κ1) is 20.8. The van der Waals surface area contributed by atoms with Gasteiger partial charge in [0.25, 0.3) is 11.1 Å². The van der Waals surface area contributed by atoms with Gasteiger partial charge in [-0.2, -0.15) is 0 Å². The van der Waals surface area contributed by atoms with Crippen LogP contribution in [0.3, 0.4) is 0 Å². The number of hydrogen-bond donors (Lipinski definition) is 0. The predicted molar refractivity (Wildman–Crippen MR) is 134 cm³/mol. The van der Waals surface area contributed by atoms with E-state index in [1.54, 1.807) is 20.7 Å². The Bertz CT molecular complexity index is 1360. The van der Waals surface area contributed by atoms with E-state index in [0.717, 1.165) is 46.9 Å². The lowest BCUT2D eigenvalue weighted by molar-refractivity contribution is -0.121. The zero-order valence-electron chi connectivity index (χ0n) is 17.5. The number of carbonyl (C=O) groups excluding carboxylic acids is 1. The summed E-state index contributed by atoms with van der Waals surface area (Å²) in [5.74, 6) is -0.0903. The van der Waals surface area contributed by atoms with Gasteiger partial charge in [0.2, 0.25) is 0 Å². The molecule has 0 bridgehead atoms. The number of rotatable bonds is 3. The van der Waals surface area contributed by atoms with E-state index in [9.17, 15) is 4.79 Å². The number of benzene rings is 2. The van der Waals surface area contributed by atoms with Crippen molar-refractivity contribution in [2.24, 2.45) is 0 Å². The Morgan fingerprint density at radius 2 is 1.97 bits per heavy atom. The highest BCUT2D eigenvalue weighted by atomic mass is 32.9. The zero-order chi connectivity index (χ0) is 21.9. The molecule has 8 heteroatoms. The molecule has 158 valence electrons. The fourth-order valence-corrected chi connectivity index (χ4v) is 8.36. The molecule has 0 N–H and O–H groups in total. The van der Waals surface area contributed by atoms with E-state index in [4.69, 9.17) is 17.0 Å². The maximum atomic E-state index is 13.6. The number of para-hydroxylation sites is 1. The van der Waals surface area contributed by atoms with Crippen LogP contribution < -0.4 is 9.64 Å². The quantitative estimate of drug-likeness (QED) is 0.230. The number of hydrogen-bond acceptors (Lipinski definition) is 7. The van der Waals surface area contributed by atoms with Crippen molar-refractivity contribution in [2.75, 3.05) is 11.5 Å². The number of amides is 1. The van der Waals surface area contributed by atoms with Crippen LogP contribution in [0, 0.1) is 17.7 Å². The molecular weight excluding hydrogens is 465 g/mol. The Labute approximate surface area is 197 Å². The van der Waals surface area contributed by atoms with Gasteiger partial charge < -0.3 is 4.74 Å². The molecule has 0 atom stereocenters. The lowest BCUT2D eigenvalue weighted by atomic mass is 9.85. The van der Waals surface area contributed by atoms with Gasteiger partial charge in [-0.25, -0.2) is 4.98 Å². The average molecular weight is 485 g/mol. The Hall–Kier alpha value is -2.13. The highest BCUT2D eigenvalue weighted by molar-refractivity contribution is 7.80. The van der Waals surface area contributed by atoms with E-state index < -0.39 is 5.54 Å². The van der Waals surface area contributed by atoms with Crippen LogP contribution in [-0.2, 0) is 10.3 Å². The van der Waals surface area contributed by atoms with Crippen molar-refractivity contribution in [3.8, 4) is 16.3 Å². The van der Waals surface area contributed by atoms with Crippen LogP contribution >= 0.6 is 44.2 Å². The van der Waals surface area contributed by atoms with Gasteiger partial charge in [-0.3, -0.25) is 9.69 Å². The molecule has 1 aliphatic heterocycles. The molecule has 0 unspecified atom stereocenters. The van der Waals surface area contributed by atoms with Crippen molar-refractivity contribution in [3.63, 3.8) is 0 Å². The first-order chi connectivity index (χ1) is 14.8. The maximum absolute atomic E-state index is 13.6. The fourth-order valence-electron chi connectivity index (χ4n) is 4.26. The summed E-state index contributed by atoms with van der Waals surface area (Å²) in [5.41, 5.74) is 5.66. The van der Waals surface area contributed by atoms with E-state index in [1.165, 1.54) is 11.3 Å². The summed E-state index contributed by atoms with van der Waals surface area (Å²) in [6, 6.07) is 12.1. The first-order valence-electron chi connectivity index (χ1n) is 9.84. The van der Waals surface area contributed by atoms with Crippen molar-refractivity contribution in [1.29, 1.82) is 0 Å². The van der Waals surface area contributed by atoms with E-state index in [1.807, 2.05) is 29.2 Å². The van der Waals surface area contributed by atoms with Gasteiger partial charge >= 0.3 is 0 Å². The summed E-state index contributed by atoms with van der Waals surface area (Å²) in [5, 5.41) is 0.511. The molecule has 2 aromatic carbocycles. The molecule has 0 radical (unpaired) electrons. The number of fused-ring (bicyclic) bond motifs is 4. The number of carbonyl (C=O) groups is 1. The molecule has 3 heterocycles. The van der Waals surface area contributed by atoms with Crippen LogP contribution in [0.25, 0.3) is 21.3 Å². The van der Waals surface area contributed by atoms with Gasteiger partial charge in [-0.05, 0) is 51.5 Å². The predicted octanol–water partition coefficient (Wildman–Crippen LogP) is 7.09. The van der Waals surface area contributed by atoms with Crippen molar-refractivity contribution >= 4 is 66.0 Å². The second-order valence-electron chi connectivity index (χ2n) is 8.16. The normalized spacial score (nSPS) is 14.4. The standard InChI is InChI=1S/C23H20N2O2S4/c1-12-9-13(2)19-14(10-12)18-20(30-31-21(18)28)23(3,4)25(19)17(26)11-27-22-24-15-7-5-6-8-16(15)29-22/h5-10H,11H2,1-4H3. The molecule has 5 rings (SSSR count). The minimum atomic E-state index is -0.519. The Morgan fingerprint density at radius 1 is 1.19 bits per heavy atom. The summed E-state index contributed by atoms with van der Waals surface area (Å²) in [7, 11) is 3.27. The van der Waals surface area contributed by atoms with Gasteiger partial charge in [0.1, 0.15) is 3.82 Å². The minimum absolute atomic E-state index is 0.0686. The number of thiazole rings is 1. The van der Waals surface area contributed by atoms with Crippen LogP contribution in [0.1, 0.15) is 29.9 Å². The van der Waals surface area contributed by atoms with Gasteiger partial charge in [0.05, 0.1) is 26.3 Å². The third-order valence-corrected chi connectivity index (χ3v) is 9.81. The van der Waals surface area contributed by atoms with Crippen molar-refractivity contribution in [2.45, 2.75) is 33.2 Å². The van der Waals surface area contributed by atoms with Crippen molar-refractivity contribution < 1.29 is 9.53 Å². The zero-order valence-corrected chi connectivity index (χ0v) is 20.8.